The number of carbonyl (C=O) groups excluding carboxylic acids is 1. The van der Waals surface area contributed by atoms with Crippen LogP contribution in [0.2, 0.25) is 0 Å². The highest BCUT2D eigenvalue weighted by Crippen LogP contribution is 2.12. The second-order valence-electron chi connectivity index (χ2n) is 6.27. The van der Waals surface area contributed by atoms with Gasteiger partial charge >= 0.3 is 0 Å². The van der Waals surface area contributed by atoms with Crippen LogP contribution < -0.4 is 9.64 Å². The summed E-state index contributed by atoms with van der Waals surface area (Å²) in [5, 5.41) is 0. The number of ether oxygens (including phenoxy) is 1. The number of hydrogen-bond acceptors (Lipinski definition) is 3. The molecule has 0 atom stereocenters. The fourth-order valence-corrected chi connectivity index (χ4v) is 2.98. The minimum Gasteiger partial charge on any atom is -0.484 e. The van der Waals surface area contributed by atoms with Crippen LogP contribution in [0.4, 0.5) is 0 Å². The molecule has 24 heavy (non-hydrogen) atoms. The summed E-state index contributed by atoms with van der Waals surface area (Å²) in [5.41, 5.74) is 2.38. The molecule has 2 aromatic rings. The first-order chi connectivity index (χ1) is 11.7. The van der Waals surface area contributed by atoms with Crippen LogP contribution in [0.25, 0.3) is 0 Å². The van der Waals surface area contributed by atoms with Crippen molar-refractivity contribution in [1.29, 1.82) is 0 Å². The zero-order chi connectivity index (χ0) is 16.8. The smallest absolute Gasteiger partial charge is 0.260 e. The first kappa shape index (κ1) is 16.5. The molecular formula is C19H24N3O2+. The van der Waals surface area contributed by atoms with Crippen LogP contribution in [-0.2, 0) is 11.3 Å². The van der Waals surface area contributed by atoms with Gasteiger partial charge in [0, 0.05) is 18.0 Å². The van der Waals surface area contributed by atoms with E-state index < -0.39 is 0 Å². The molecule has 1 saturated heterocycles. The molecule has 0 unspecified atom stereocenters. The second kappa shape index (κ2) is 7.93. The van der Waals surface area contributed by atoms with E-state index in [1.807, 2.05) is 48.4 Å². The third kappa shape index (κ3) is 4.55. The molecule has 3 rings (SSSR count). The highest BCUT2D eigenvalue weighted by atomic mass is 16.5. The predicted octanol–water partition coefficient (Wildman–Crippen LogP) is 0.696. The molecule has 0 bridgehead atoms. The Morgan fingerprint density at radius 3 is 2.79 bits per heavy atom. The first-order valence-corrected chi connectivity index (χ1v) is 8.40. The van der Waals surface area contributed by atoms with E-state index in [1.54, 1.807) is 6.20 Å². The molecule has 2 heterocycles. The van der Waals surface area contributed by atoms with Gasteiger partial charge in [0.25, 0.3) is 5.91 Å². The van der Waals surface area contributed by atoms with Gasteiger partial charge in [-0.3, -0.25) is 9.78 Å². The number of benzene rings is 1. The summed E-state index contributed by atoms with van der Waals surface area (Å²) < 4.78 is 5.62. The first-order valence-electron chi connectivity index (χ1n) is 8.40. The number of nitrogens with zero attached hydrogens (tertiary/aromatic N) is 2. The van der Waals surface area contributed by atoms with Crippen molar-refractivity contribution in [3.05, 3.63) is 59.9 Å². The summed E-state index contributed by atoms with van der Waals surface area (Å²) in [7, 11) is 0. The summed E-state index contributed by atoms with van der Waals surface area (Å²) in [4.78, 5) is 19.9. The number of nitrogens with one attached hydrogen (secondary N) is 1. The standard InChI is InChI=1S/C19H23N3O2/c1-16-4-2-6-18(12-16)24-15-19(23)22-10-8-21(9-11-22)14-17-5-3-7-20-13-17/h2-7,12-13H,8-11,14-15H2,1H3/p+1. The molecule has 1 aromatic heterocycles. The fourth-order valence-electron chi connectivity index (χ4n) is 2.98. The van der Waals surface area contributed by atoms with E-state index in [9.17, 15) is 4.79 Å². The van der Waals surface area contributed by atoms with E-state index in [2.05, 4.69) is 11.1 Å². The molecular weight excluding hydrogens is 302 g/mol. The van der Waals surface area contributed by atoms with Crippen molar-refractivity contribution < 1.29 is 14.4 Å². The zero-order valence-electron chi connectivity index (χ0n) is 14.1. The summed E-state index contributed by atoms with van der Waals surface area (Å²) in [6.45, 7) is 6.59. The van der Waals surface area contributed by atoms with Crippen molar-refractivity contribution in [3.8, 4) is 5.75 Å². The van der Waals surface area contributed by atoms with Gasteiger partial charge in [0.2, 0.25) is 0 Å². The number of rotatable bonds is 5. The number of aryl methyl sites for hydroxylation is 1. The third-order valence-corrected chi connectivity index (χ3v) is 4.35. The lowest BCUT2D eigenvalue weighted by Gasteiger charge is -2.32. The van der Waals surface area contributed by atoms with E-state index in [1.165, 1.54) is 10.5 Å². The highest BCUT2D eigenvalue weighted by molar-refractivity contribution is 5.77. The average Bonchev–Trinajstić information content (AvgIpc) is 2.61. The van der Waals surface area contributed by atoms with Crippen LogP contribution in [-0.4, -0.2) is 48.6 Å². The lowest BCUT2D eigenvalue weighted by molar-refractivity contribution is -0.917. The van der Waals surface area contributed by atoms with Gasteiger partial charge in [-0.25, -0.2) is 0 Å². The van der Waals surface area contributed by atoms with Crippen molar-refractivity contribution >= 4 is 5.91 Å². The van der Waals surface area contributed by atoms with Crippen molar-refractivity contribution in [3.63, 3.8) is 0 Å². The quantitative estimate of drug-likeness (QED) is 0.880. The zero-order valence-corrected chi connectivity index (χ0v) is 14.1. The van der Waals surface area contributed by atoms with Crippen LogP contribution in [0.3, 0.4) is 0 Å². The number of amides is 1. The van der Waals surface area contributed by atoms with Gasteiger partial charge in [0.15, 0.2) is 6.61 Å². The Morgan fingerprint density at radius 1 is 1.25 bits per heavy atom. The molecule has 126 valence electrons. The Hall–Kier alpha value is -2.40. The van der Waals surface area contributed by atoms with E-state index >= 15 is 0 Å². The number of carbonyl (C=O) groups is 1. The second-order valence-corrected chi connectivity index (χ2v) is 6.27. The minimum atomic E-state index is 0.0666. The van der Waals surface area contributed by atoms with Gasteiger partial charge in [0.1, 0.15) is 12.3 Å². The van der Waals surface area contributed by atoms with Crippen LogP contribution in [0.5, 0.6) is 5.75 Å². The topological polar surface area (TPSA) is 46.9 Å². The molecule has 1 aliphatic heterocycles. The summed E-state index contributed by atoms with van der Waals surface area (Å²) in [6.07, 6.45) is 3.71. The number of pyridine rings is 1. The lowest BCUT2D eigenvalue weighted by atomic mass is 10.2. The van der Waals surface area contributed by atoms with Gasteiger partial charge in [-0.2, -0.15) is 0 Å². The highest BCUT2D eigenvalue weighted by Gasteiger charge is 2.24. The van der Waals surface area contributed by atoms with E-state index in [0.717, 1.165) is 44.0 Å². The SMILES string of the molecule is Cc1cccc(OCC(=O)N2CC[NH+](Cc3cccnc3)CC2)c1. The maximum atomic E-state index is 12.3. The molecule has 1 aromatic carbocycles. The van der Waals surface area contributed by atoms with Crippen LogP contribution in [0.1, 0.15) is 11.1 Å². The van der Waals surface area contributed by atoms with Gasteiger partial charge in [-0.05, 0) is 30.7 Å². The number of piperazine rings is 1. The van der Waals surface area contributed by atoms with Gasteiger partial charge in [0.05, 0.1) is 26.2 Å². The van der Waals surface area contributed by atoms with Gasteiger partial charge in [-0.15, -0.1) is 0 Å². The maximum absolute atomic E-state index is 12.3. The average molecular weight is 326 g/mol. The molecule has 1 N–H and O–H groups in total. The monoisotopic (exact) mass is 326 g/mol. The van der Waals surface area contributed by atoms with E-state index in [-0.39, 0.29) is 12.5 Å². The van der Waals surface area contributed by atoms with Crippen LogP contribution in [0, 0.1) is 6.92 Å². The Kier molecular flexibility index (Phi) is 5.43. The molecule has 1 fully saturated rings. The Bertz CT molecular complexity index is 667. The van der Waals surface area contributed by atoms with Crippen molar-refractivity contribution in [2.75, 3.05) is 32.8 Å². The van der Waals surface area contributed by atoms with Crippen molar-refractivity contribution in [2.24, 2.45) is 0 Å². The van der Waals surface area contributed by atoms with E-state index in [0.29, 0.717) is 0 Å². The van der Waals surface area contributed by atoms with E-state index in [4.69, 9.17) is 4.74 Å². The largest absolute Gasteiger partial charge is 0.484 e. The molecule has 0 aliphatic carbocycles. The predicted molar refractivity (Wildman–Crippen MR) is 91.9 cm³/mol. The summed E-state index contributed by atoms with van der Waals surface area (Å²) >= 11 is 0. The summed E-state index contributed by atoms with van der Waals surface area (Å²) in [5.74, 6) is 0.820. The number of quaternary nitrogens is 1. The molecule has 5 heteroatoms. The molecule has 0 radical (unpaired) electrons. The minimum absolute atomic E-state index is 0.0666. The van der Waals surface area contributed by atoms with Crippen LogP contribution >= 0.6 is 0 Å². The number of aromatic nitrogens is 1. The maximum Gasteiger partial charge on any atom is 0.260 e. The molecule has 0 spiro atoms. The normalized spacial score (nSPS) is 15.3. The molecule has 1 aliphatic rings. The fraction of sp³-hybridized carbons (Fsp3) is 0.368. The molecule has 1 amide bonds. The van der Waals surface area contributed by atoms with Crippen LogP contribution in [0.15, 0.2) is 48.8 Å². The molecule has 0 saturated carbocycles. The third-order valence-electron chi connectivity index (χ3n) is 4.35. The van der Waals surface area contributed by atoms with Crippen molar-refractivity contribution in [2.45, 2.75) is 13.5 Å². The van der Waals surface area contributed by atoms with Crippen molar-refractivity contribution in [1.82, 2.24) is 9.88 Å². The van der Waals surface area contributed by atoms with Gasteiger partial charge < -0.3 is 14.5 Å². The molecule has 5 nitrogen and oxygen atoms in total. The lowest BCUT2D eigenvalue weighted by Crippen LogP contribution is -3.13. The Labute approximate surface area is 142 Å². The van der Waals surface area contributed by atoms with Gasteiger partial charge in [-0.1, -0.05) is 18.2 Å². The number of hydrogen-bond donors (Lipinski definition) is 1. The summed E-state index contributed by atoms with van der Waals surface area (Å²) in [6, 6.07) is 11.9. The Morgan fingerprint density at radius 2 is 2.08 bits per heavy atom. The Balaban J connectivity index is 1.43.